The van der Waals surface area contributed by atoms with Crippen LogP contribution in [0.25, 0.3) is 0 Å². The minimum Gasteiger partial charge on any atom is -0.482 e. The van der Waals surface area contributed by atoms with Gasteiger partial charge in [0.05, 0.1) is 17.6 Å². The lowest BCUT2D eigenvalue weighted by molar-refractivity contribution is -0.145. The molecule has 8 heteroatoms. The third kappa shape index (κ3) is 5.49. The number of rotatable bonds is 8. The first-order chi connectivity index (χ1) is 11.0. The largest absolute Gasteiger partial charge is 0.482 e. The molecule has 2 rings (SSSR count). The summed E-state index contributed by atoms with van der Waals surface area (Å²) in [5.74, 6) is -0.0708. The highest BCUT2D eigenvalue weighted by Gasteiger charge is 2.20. The smallest absolute Gasteiger partial charge is 0.344 e. The Morgan fingerprint density at radius 1 is 1.35 bits per heavy atom. The Hall–Kier alpha value is -1.64. The summed E-state index contributed by atoms with van der Waals surface area (Å²) in [6.45, 7) is 2.73. The van der Waals surface area contributed by atoms with E-state index >= 15 is 0 Å². The fraction of sp³-hybridized carbons (Fsp3) is 0.533. The fourth-order valence-electron chi connectivity index (χ4n) is 2.15. The summed E-state index contributed by atoms with van der Waals surface area (Å²) in [6, 6.07) is 5.86. The molecule has 7 nitrogen and oxygen atoms in total. The van der Waals surface area contributed by atoms with Crippen molar-refractivity contribution >= 4 is 16.0 Å². The molecule has 0 amide bonds. The topological polar surface area (TPSA) is 90.9 Å². The molecule has 1 aliphatic rings. The highest BCUT2D eigenvalue weighted by molar-refractivity contribution is 7.89. The Bertz CT molecular complexity index is 607. The van der Waals surface area contributed by atoms with Crippen LogP contribution in [0.3, 0.4) is 0 Å². The first-order valence-electron chi connectivity index (χ1n) is 7.51. The predicted octanol–water partition coefficient (Wildman–Crippen LogP) is 1.09. The molecule has 0 saturated carbocycles. The molecule has 1 atom stereocenters. The average Bonchev–Trinajstić information content (AvgIpc) is 3.05. The second kappa shape index (κ2) is 8.28. The quantitative estimate of drug-likeness (QED) is 0.711. The summed E-state index contributed by atoms with van der Waals surface area (Å²) in [7, 11) is -3.58. The van der Waals surface area contributed by atoms with Gasteiger partial charge in [-0.3, -0.25) is 0 Å². The number of esters is 1. The second-order valence-electron chi connectivity index (χ2n) is 5.05. The summed E-state index contributed by atoms with van der Waals surface area (Å²) in [5, 5.41) is 0. The molecule has 0 bridgehead atoms. The zero-order valence-corrected chi connectivity index (χ0v) is 13.8. The molecule has 0 radical (unpaired) electrons. The molecule has 23 heavy (non-hydrogen) atoms. The van der Waals surface area contributed by atoms with E-state index in [2.05, 4.69) is 4.72 Å². The summed E-state index contributed by atoms with van der Waals surface area (Å²) in [4.78, 5) is 11.3. The molecule has 0 aliphatic carbocycles. The SMILES string of the molecule is CCOC(=O)COc1ccc(S(=O)(=O)NC[C@@H]2CCCO2)cc1. The van der Waals surface area contributed by atoms with Gasteiger partial charge in [-0.25, -0.2) is 17.9 Å². The number of sulfonamides is 1. The van der Waals surface area contributed by atoms with Crippen LogP contribution in [-0.2, 0) is 24.3 Å². The van der Waals surface area contributed by atoms with Crippen molar-refractivity contribution in [3.05, 3.63) is 24.3 Å². The molecule has 1 heterocycles. The normalized spacial score (nSPS) is 17.9. The van der Waals surface area contributed by atoms with Gasteiger partial charge in [-0.1, -0.05) is 0 Å². The van der Waals surface area contributed by atoms with Gasteiger partial charge in [0.25, 0.3) is 0 Å². The average molecular weight is 343 g/mol. The Kier molecular flexibility index (Phi) is 6.37. The van der Waals surface area contributed by atoms with Gasteiger partial charge < -0.3 is 14.2 Å². The van der Waals surface area contributed by atoms with Gasteiger partial charge in [0.15, 0.2) is 6.61 Å². The van der Waals surface area contributed by atoms with E-state index in [1.807, 2.05) is 0 Å². The van der Waals surface area contributed by atoms with E-state index in [-0.39, 0.29) is 30.8 Å². The van der Waals surface area contributed by atoms with Gasteiger partial charge >= 0.3 is 5.97 Å². The van der Waals surface area contributed by atoms with Crippen LogP contribution in [0, 0.1) is 0 Å². The van der Waals surface area contributed by atoms with Gasteiger partial charge in [0.2, 0.25) is 10.0 Å². The van der Waals surface area contributed by atoms with Crippen LogP contribution >= 0.6 is 0 Å². The van der Waals surface area contributed by atoms with E-state index < -0.39 is 16.0 Å². The number of carbonyl (C=O) groups is 1. The maximum atomic E-state index is 12.2. The zero-order valence-electron chi connectivity index (χ0n) is 13.0. The number of carbonyl (C=O) groups excluding carboxylic acids is 1. The molecule has 1 N–H and O–H groups in total. The van der Waals surface area contributed by atoms with Crippen molar-refractivity contribution in [2.24, 2.45) is 0 Å². The third-order valence-corrected chi connectivity index (χ3v) is 4.76. The second-order valence-corrected chi connectivity index (χ2v) is 6.82. The van der Waals surface area contributed by atoms with Crippen molar-refractivity contribution in [3.8, 4) is 5.75 Å². The van der Waals surface area contributed by atoms with Crippen molar-refractivity contribution in [3.63, 3.8) is 0 Å². The Morgan fingerprint density at radius 2 is 2.09 bits per heavy atom. The first kappa shape index (κ1) is 17.7. The molecule has 128 valence electrons. The van der Waals surface area contributed by atoms with E-state index in [9.17, 15) is 13.2 Å². The van der Waals surface area contributed by atoms with Crippen LogP contribution in [0.2, 0.25) is 0 Å². The molecule has 1 saturated heterocycles. The first-order valence-corrected chi connectivity index (χ1v) is 8.99. The predicted molar refractivity (Wildman–Crippen MR) is 82.7 cm³/mol. The molecule has 0 unspecified atom stereocenters. The van der Waals surface area contributed by atoms with Gasteiger partial charge in [0.1, 0.15) is 5.75 Å². The maximum absolute atomic E-state index is 12.2. The van der Waals surface area contributed by atoms with Gasteiger partial charge in [-0.15, -0.1) is 0 Å². The number of hydrogen-bond donors (Lipinski definition) is 1. The lowest BCUT2D eigenvalue weighted by atomic mass is 10.2. The Balaban J connectivity index is 1.88. The number of benzene rings is 1. The fourth-order valence-corrected chi connectivity index (χ4v) is 3.22. The van der Waals surface area contributed by atoms with Crippen molar-refractivity contribution in [2.75, 3.05) is 26.4 Å². The van der Waals surface area contributed by atoms with Crippen molar-refractivity contribution in [2.45, 2.75) is 30.8 Å². The van der Waals surface area contributed by atoms with Crippen LogP contribution in [-0.4, -0.2) is 46.9 Å². The summed E-state index contributed by atoms with van der Waals surface area (Å²) >= 11 is 0. The van der Waals surface area contributed by atoms with E-state index in [0.717, 1.165) is 12.8 Å². The van der Waals surface area contributed by atoms with Crippen molar-refractivity contribution < 1.29 is 27.4 Å². The summed E-state index contributed by atoms with van der Waals surface area (Å²) < 4.78 is 42.2. The lowest BCUT2D eigenvalue weighted by Crippen LogP contribution is -2.31. The standard InChI is InChI=1S/C15H21NO6S/c1-2-20-15(17)11-22-12-5-7-14(8-6-12)23(18,19)16-10-13-4-3-9-21-13/h5-8,13,16H,2-4,9-11H2,1H3/t13-/m0/s1. The molecule has 1 aromatic carbocycles. The molecule has 1 aliphatic heterocycles. The number of hydrogen-bond acceptors (Lipinski definition) is 6. The molecule has 1 aromatic rings. The number of nitrogens with one attached hydrogen (secondary N) is 1. The third-order valence-electron chi connectivity index (χ3n) is 3.32. The van der Waals surface area contributed by atoms with E-state index in [1.165, 1.54) is 24.3 Å². The summed E-state index contributed by atoms with van der Waals surface area (Å²) in [6.07, 6.45) is 1.76. The van der Waals surface area contributed by atoms with Gasteiger partial charge in [0, 0.05) is 13.2 Å². The maximum Gasteiger partial charge on any atom is 0.344 e. The van der Waals surface area contributed by atoms with E-state index in [4.69, 9.17) is 14.2 Å². The Morgan fingerprint density at radius 3 is 2.70 bits per heavy atom. The van der Waals surface area contributed by atoms with Crippen LogP contribution in [0.5, 0.6) is 5.75 Å². The van der Waals surface area contributed by atoms with E-state index in [0.29, 0.717) is 12.4 Å². The highest BCUT2D eigenvalue weighted by atomic mass is 32.2. The Labute approximate surface area is 136 Å². The van der Waals surface area contributed by atoms with E-state index in [1.54, 1.807) is 6.92 Å². The van der Waals surface area contributed by atoms with Crippen LogP contribution in [0.15, 0.2) is 29.2 Å². The monoisotopic (exact) mass is 343 g/mol. The van der Waals surface area contributed by atoms with Crippen molar-refractivity contribution in [1.82, 2.24) is 4.72 Å². The minimum atomic E-state index is -3.58. The van der Waals surface area contributed by atoms with Gasteiger partial charge in [-0.2, -0.15) is 0 Å². The van der Waals surface area contributed by atoms with Crippen LogP contribution < -0.4 is 9.46 Å². The molecule has 0 aromatic heterocycles. The molecule has 1 fully saturated rings. The van der Waals surface area contributed by atoms with Crippen LogP contribution in [0.4, 0.5) is 0 Å². The van der Waals surface area contributed by atoms with Gasteiger partial charge in [-0.05, 0) is 44.0 Å². The minimum absolute atomic E-state index is 0.0584. The number of ether oxygens (including phenoxy) is 3. The van der Waals surface area contributed by atoms with Crippen LogP contribution in [0.1, 0.15) is 19.8 Å². The summed E-state index contributed by atoms with van der Waals surface area (Å²) in [5.41, 5.74) is 0. The molecular weight excluding hydrogens is 322 g/mol. The highest BCUT2D eigenvalue weighted by Crippen LogP contribution is 2.17. The lowest BCUT2D eigenvalue weighted by Gasteiger charge is -2.12. The molecular formula is C15H21NO6S. The van der Waals surface area contributed by atoms with Crippen molar-refractivity contribution in [1.29, 1.82) is 0 Å². The zero-order chi connectivity index (χ0) is 16.7. The molecule has 0 spiro atoms.